The topological polar surface area (TPSA) is 104 Å². The fourth-order valence-corrected chi connectivity index (χ4v) is 0. The average Bonchev–Trinajstić information content (AvgIpc) is 1.25. The van der Waals surface area contributed by atoms with Crippen molar-refractivity contribution in [3.63, 3.8) is 0 Å². The monoisotopic (exact) mass is 315 g/mol. The summed E-state index contributed by atoms with van der Waals surface area (Å²) in [5.41, 5.74) is 8.50. The molecule has 4 nitrogen and oxygen atoms in total. The Morgan fingerprint density at radius 2 is 1.17 bits per heavy atom. The maximum atomic E-state index is 9.00. The van der Waals surface area contributed by atoms with Crippen LogP contribution in [-0.4, -0.2) is 125 Å². The Labute approximate surface area is 182 Å². The standard InChI is InChI=1S/CH4N2O.Ca.Cl3P.K.H3N.Na/c2-1(3)4;;1-4(2)3;;;/h(H4,2,3,4);;;;1H3;. The molecule has 11 heteroatoms. The van der Waals surface area contributed by atoms with Gasteiger partial charge in [-0.05, 0) is 0 Å². The van der Waals surface area contributed by atoms with E-state index in [0.29, 0.717) is 0 Å². The van der Waals surface area contributed by atoms with Crippen molar-refractivity contribution < 1.29 is 4.79 Å². The van der Waals surface area contributed by atoms with Crippen LogP contribution >= 0.6 is 39.7 Å². The van der Waals surface area contributed by atoms with Gasteiger partial charge in [-0.1, -0.05) is 33.7 Å². The molecule has 0 atom stereocenters. The summed E-state index contributed by atoms with van der Waals surface area (Å²) in [6.45, 7) is 0. The number of carbonyl (C=O) groups excluding carboxylic acids is 1. The molecule has 2 amide bonds. The Bertz CT molecular complexity index is 77.8. The summed E-state index contributed by atoms with van der Waals surface area (Å²) in [5, 5.41) is 0. The van der Waals surface area contributed by atoms with E-state index in [1.54, 1.807) is 0 Å². The van der Waals surface area contributed by atoms with E-state index < -0.39 is 12.0 Å². The fraction of sp³-hybridized carbons (Fsp3) is 0. The number of halogens is 3. The van der Waals surface area contributed by atoms with Crippen LogP contribution in [0.25, 0.3) is 0 Å². The molecule has 0 aromatic heterocycles. The van der Waals surface area contributed by atoms with Gasteiger partial charge in [0.25, 0.3) is 0 Å². The summed E-state index contributed by atoms with van der Waals surface area (Å²) in [6.07, 6.45) is 0. The van der Waals surface area contributed by atoms with Crippen LogP contribution in [0.15, 0.2) is 0 Å². The number of rotatable bonds is 0. The summed E-state index contributed by atoms with van der Waals surface area (Å²) < 4.78 is 0. The van der Waals surface area contributed by atoms with Gasteiger partial charge in [0.2, 0.25) is 0 Å². The van der Waals surface area contributed by atoms with Gasteiger partial charge in [0.1, 0.15) is 0 Å². The Morgan fingerprint density at radius 3 is 1.17 bits per heavy atom. The maximum Gasteiger partial charge on any atom is 0.309 e. The first kappa shape index (κ1) is 36.0. The van der Waals surface area contributed by atoms with Crippen molar-refractivity contribution in [3.05, 3.63) is 0 Å². The van der Waals surface area contributed by atoms with Crippen molar-refractivity contribution in [2.24, 2.45) is 11.5 Å². The number of hydrogen-bond donors (Lipinski definition) is 3. The molecule has 0 saturated heterocycles. The van der Waals surface area contributed by atoms with E-state index in [4.69, 9.17) is 38.5 Å². The molecule has 7 N–H and O–H groups in total. The summed E-state index contributed by atoms with van der Waals surface area (Å²) in [7, 11) is 0. The normalized spacial score (nSPS) is 5.00. The number of primary amides is 2. The molecule has 0 unspecified atom stereocenters. The van der Waals surface area contributed by atoms with Gasteiger partial charge in [0.15, 0.2) is 5.98 Å². The van der Waals surface area contributed by atoms with Gasteiger partial charge in [-0.25, -0.2) is 4.79 Å². The molecule has 0 fully saturated rings. The summed E-state index contributed by atoms with van der Waals surface area (Å²) in [4.78, 5) is 9.00. The van der Waals surface area contributed by atoms with Crippen molar-refractivity contribution in [1.82, 2.24) is 6.15 Å². The third-order valence-electron chi connectivity index (χ3n) is 0. The van der Waals surface area contributed by atoms with Crippen LogP contribution in [0, 0.1) is 0 Å². The van der Waals surface area contributed by atoms with Gasteiger partial charge in [-0.15, -0.1) is 0 Å². The smallest absolute Gasteiger partial charge is 0.309 e. The van der Waals surface area contributed by atoms with E-state index in [0.717, 1.165) is 0 Å². The minimum atomic E-state index is -1.20. The third-order valence-corrected chi connectivity index (χ3v) is 0. The second kappa shape index (κ2) is 29.5. The molecule has 0 saturated carbocycles. The molecule has 0 spiro atoms. The molecule has 4 radical (unpaired) electrons. The molecule has 0 aliphatic carbocycles. The summed E-state index contributed by atoms with van der Waals surface area (Å²) >= 11 is 14.6. The van der Waals surface area contributed by atoms with Gasteiger partial charge in [0, 0.05) is 119 Å². The zero-order chi connectivity index (χ0) is 7.15. The van der Waals surface area contributed by atoms with Crippen LogP contribution in [0.1, 0.15) is 0 Å². The van der Waals surface area contributed by atoms with Crippen molar-refractivity contribution in [2.75, 3.05) is 0 Å². The molecular formula is CH7CaCl3KN3NaOP. The summed E-state index contributed by atoms with van der Waals surface area (Å²) in [5.74, 6) is -1.20. The molecule has 0 rings (SSSR count). The Hall–Kier alpha value is 4.43. The van der Waals surface area contributed by atoms with E-state index in [2.05, 4.69) is 11.5 Å². The van der Waals surface area contributed by atoms with Crippen molar-refractivity contribution in [1.29, 1.82) is 0 Å². The van der Waals surface area contributed by atoms with Gasteiger partial charge >= 0.3 is 6.03 Å². The van der Waals surface area contributed by atoms with Crippen molar-refractivity contribution in [3.8, 4) is 0 Å². The van der Waals surface area contributed by atoms with E-state index in [9.17, 15) is 0 Å². The van der Waals surface area contributed by atoms with Crippen LogP contribution in [-0.2, 0) is 0 Å². The van der Waals surface area contributed by atoms with Gasteiger partial charge in [-0.3, -0.25) is 0 Å². The van der Waals surface area contributed by atoms with Crippen molar-refractivity contribution in [2.45, 2.75) is 0 Å². The first-order valence-electron chi connectivity index (χ1n) is 1.29. The maximum absolute atomic E-state index is 9.00. The van der Waals surface area contributed by atoms with Crippen LogP contribution in [0.4, 0.5) is 4.79 Å². The molecule has 62 valence electrons. The molecule has 0 bridgehead atoms. The third kappa shape index (κ3) is 133. The van der Waals surface area contributed by atoms with Crippen LogP contribution in [0.2, 0.25) is 0 Å². The molecular weight excluding hydrogens is 310 g/mol. The molecule has 0 heterocycles. The SMILES string of the molecule is ClP(Cl)Cl.N.NC(N)=O.[Ca].[K].[Na]. The zero-order valence-electron chi connectivity index (χ0n) is 7.06. The van der Waals surface area contributed by atoms with Crippen LogP contribution in [0.5, 0.6) is 0 Å². The number of amides is 2. The second-order valence-electron chi connectivity index (χ2n) is 0.594. The minimum absolute atomic E-state index is 0. The molecule has 0 aromatic rings. The van der Waals surface area contributed by atoms with Gasteiger partial charge < -0.3 is 17.6 Å². The van der Waals surface area contributed by atoms with E-state index >= 15 is 0 Å². The van der Waals surface area contributed by atoms with E-state index in [1.165, 1.54) is 0 Å². The van der Waals surface area contributed by atoms with Crippen LogP contribution in [0.3, 0.4) is 0 Å². The Balaban J connectivity index is -0.0000000112. The number of carbonyl (C=O) groups is 1. The minimum Gasteiger partial charge on any atom is -0.352 e. The number of hydrogen-bond acceptors (Lipinski definition) is 2. The first-order chi connectivity index (χ1) is 3.46. The van der Waals surface area contributed by atoms with Gasteiger partial charge in [0.05, 0.1) is 0 Å². The molecule has 12 heavy (non-hydrogen) atoms. The Kier molecular flexibility index (Phi) is 88.5. The predicted octanol–water partition coefficient (Wildman–Crippen LogP) is 0.973. The molecule has 0 aromatic carbocycles. The van der Waals surface area contributed by atoms with E-state index in [-0.39, 0.29) is 125 Å². The number of urea groups is 1. The Morgan fingerprint density at radius 1 is 1.17 bits per heavy atom. The number of nitrogens with two attached hydrogens (primary N) is 2. The quantitative estimate of drug-likeness (QED) is 0.458. The second-order valence-corrected chi connectivity index (χ2v) is 5.58. The first-order valence-corrected chi connectivity index (χ1v) is 5.35. The largest absolute Gasteiger partial charge is 0.352 e. The van der Waals surface area contributed by atoms with Crippen LogP contribution < -0.4 is 17.6 Å². The predicted molar refractivity (Wildman–Crippen MR) is 60.5 cm³/mol. The summed E-state index contributed by atoms with van der Waals surface area (Å²) in [6, 6.07) is -0.833. The molecule has 0 aliphatic heterocycles. The fourth-order valence-electron chi connectivity index (χ4n) is 0. The van der Waals surface area contributed by atoms with Gasteiger partial charge in [-0.2, -0.15) is 0 Å². The van der Waals surface area contributed by atoms with E-state index in [1.807, 2.05) is 0 Å². The zero-order valence-corrected chi connectivity index (χ0v) is 17.6. The average molecular weight is 317 g/mol. The molecule has 0 aliphatic rings. The van der Waals surface area contributed by atoms with Crippen molar-refractivity contribution >= 4 is 164 Å².